The zero-order chi connectivity index (χ0) is 12.9. The van der Waals surface area contributed by atoms with Gasteiger partial charge in [0.25, 0.3) is 0 Å². The molecule has 0 aliphatic carbocycles. The van der Waals surface area contributed by atoms with Crippen molar-refractivity contribution in [2.24, 2.45) is 5.92 Å². The predicted molar refractivity (Wildman–Crippen MR) is 66.7 cm³/mol. The Hall–Kier alpha value is -0.610. The van der Waals surface area contributed by atoms with E-state index in [1.165, 1.54) is 0 Å². The number of hydrogen-bond donors (Lipinski definition) is 1. The van der Waals surface area contributed by atoms with Crippen LogP contribution in [0.25, 0.3) is 0 Å². The standard InChI is InChI=1S/C13H25NO3/c1-4-13(3,16)10-14-8-6-7-11(9-14)12(15)17-5-2/h11,16H,4-10H2,1-3H3/t11-,13?/m0/s1. The van der Waals surface area contributed by atoms with Gasteiger partial charge in [0.15, 0.2) is 0 Å². The highest BCUT2D eigenvalue weighted by molar-refractivity contribution is 5.72. The zero-order valence-corrected chi connectivity index (χ0v) is 11.2. The minimum absolute atomic E-state index is 0.0173. The summed E-state index contributed by atoms with van der Waals surface area (Å²) in [6, 6.07) is 0. The van der Waals surface area contributed by atoms with Gasteiger partial charge in [0, 0.05) is 13.1 Å². The second kappa shape index (κ2) is 6.36. The van der Waals surface area contributed by atoms with Crippen molar-refractivity contribution < 1.29 is 14.6 Å². The van der Waals surface area contributed by atoms with Gasteiger partial charge in [-0.2, -0.15) is 0 Å². The number of piperidine rings is 1. The smallest absolute Gasteiger partial charge is 0.310 e. The third kappa shape index (κ3) is 4.64. The number of esters is 1. The number of ether oxygens (including phenoxy) is 1. The molecule has 1 rings (SSSR count). The molecule has 1 unspecified atom stereocenters. The molecule has 4 nitrogen and oxygen atoms in total. The Morgan fingerprint density at radius 2 is 2.24 bits per heavy atom. The van der Waals surface area contributed by atoms with Gasteiger partial charge in [-0.05, 0) is 39.7 Å². The molecule has 0 saturated carbocycles. The largest absolute Gasteiger partial charge is 0.466 e. The van der Waals surface area contributed by atoms with E-state index in [1.54, 1.807) is 0 Å². The lowest BCUT2D eigenvalue weighted by molar-refractivity contribution is -0.150. The lowest BCUT2D eigenvalue weighted by Crippen LogP contribution is -2.46. The number of carbonyl (C=O) groups is 1. The van der Waals surface area contributed by atoms with E-state index in [0.717, 1.165) is 32.4 Å². The fourth-order valence-electron chi connectivity index (χ4n) is 2.25. The average molecular weight is 243 g/mol. The minimum Gasteiger partial charge on any atom is -0.466 e. The summed E-state index contributed by atoms with van der Waals surface area (Å²) in [6.07, 6.45) is 2.64. The highest BCUT2D eigenvalue weighted by Crippen LogP contribution is 2.20. The molecular weight excluding hydrogens is 218 g/mol. The van der Waals surface area contributed by atoms with Crippen LogP contribution in [0.5, 0.6) is 0 Å². The summed E-state index contributed by atoms with van der Waals surface area (Å²) in [7, 11) is 0. The summed E-state index contributed by atoms with van der Waals surface area (Å²) in [5, 5.41) is 10.0. The molecular formula is C13H25NO3. The quantitative estimate of drug-likeness (QED) is 0.742. The monoisotopic (exact) mass is 243 g/mol. The first-order valence-corrected chi connectivity index (χ1v) is 6.60. The van der Waals surface area contributed by atoms with Crippen LogP contribution in [0.15, 0.2) is 0 Å². The summed E-state index contributed by atoms with van der Waals surface area (Å²) in [4.78, 5) is 13.8. The molecule has 1 fully saturated rings. The summed E-state index contributed by atoms with van der Waals surface area (Å²) >= 11 is 0. The first-order valence-electron chi connectivity index (χ1n) is 6.60. The number of nitrogens with zero attached hydrogens (tertiary/aromatic N) is 1. The van der Waals surface area contributed by atoms with Crippen LogP contribution in [0.1, 0.15) is 40.0 Å². The maximum Gasteiger partial charge on any atom is 0.310 e. The van der Waals surface area contributed by atoms with Crippen LogP contribution in [-0.2, 0) is 9.53 Å². The number of hydrogen-bond acceptors (Lipinski definition) is 4. The van der Waals surface area contributed by atoms with Gasteiger partial charge in [0.05, 0.1) is 18.1 Å². The molecule has 0 spiro atoms. The van der Waals surface area contributed by atoms with Crippen LogP contribution >= 0.6 is 0 Å². The molecule has 1 N–H and O–H groups in total. The zero-order valence-electron chi connectivity index (χ0n) is 11.2. The number of likely N-dealkylation sites (tertiary alicyclic amines) is 1. The molecule has 1 aliphatic rings. The molecule has 2 atom stereocenters. The number of aliphatic hydroxyl groups is 1. The first kappa shape index (κ1) is 14.5. The summed E-state index contributed by atoms with van der Waals surface area (Å²) in [6.45, 7) is 8.43. The van der Waals surface area contributed by atoms with Crippen molar-refractivity contribution in [2.45, 2.75) is 45.6 Å². The molecule has 0 aromatic carbocycles. The molecule has 1 saturated heterocycles. The second-order valence-electron chi connectivity index (χ2n) is 5.18. The fourth-order valence-corrected chi connectivity index (χ4v) is 2.25. The minimum atomic E-state index is -0.656. The number of rotatable bonds is 5. The molecule has 1 heterocycles. The Morgan fingerprint density at radius 1 is 1.53 bits per heavy atom. The number of carbonyl (C=O) groups excluding carboxylic acids is 1. The third-order valence-corrected chi connectivity index (χ3v) is 3.45. The molecule has 1 aliphatic heterocycles. The summed E-state index contributed by atoms with van der Waals surface area (Å²) in [5.74, 6) is -0.107. The van der Waals surface area contributed by atoms with Gasteiger partial charge in [0.1, 0.15) is 0 Å². The molecule has 0 amide bonds. The Labute approximate surface area is 104 Å². The van der Waals surface area contributed by atoms with Crippen molar-refractivity contribution in [2.75, 3.05) is 26.2 Å². The van der Waals surface area contributed by atoms with E-state index in [4.69, 9.17) is 4.74 Å². The fraction of sp³-hybridized carbons (Fsp3) is 0.923. The van der Waals surface area contributed by atoms with Crippen molar-refractivity contribution in [3.05, 3.63) is 0 Å². The lowest BCUT2D eigenvalue weighted by Gasteiger charge is -2.36. The van der Waals surface area contributed by atoms with Gasteiger partial charge in [-0.1, -0.05) is 6.92 Å². The Morgan fingerprint density at radius 3 is 2.82 bits per heavy atom. The molecule has 4 heteroatoms. The van der Waals surface area contributed by atoms with Crippen LogP contribution in [0, 0.1) is 5.92 Å². The van der Waals surface area contributed by atoms with Gasteiger partial charge < -0.3 is 9.84 Å². The van der Waals surface area contributed by atoms with E-state index in [9.17, 15) is 9.90 Å². The van der Waals surface area contributed by atoms with E-state index in [0.29, 0.717) is 13.2 Å². The highest BCUT2D eigenvalue weighted by atomic mass is 16.5. The van der Waals surface area contributed by atoms with E-state index < -0.39 is 5.60 Å². The molecule has 100 valence electrons. The maximum absolute atomic E-state index is 11.7. The molecule has 17 heavy (non-hydrogen) atoms. The Bertz CT molecular complexity index is 253. The van der Waals surface area contributed by atoms with Gasteiger partial charge in [0.2, 0.25) is 0 Å². The molecule has 0 radical (unpaired) electrons. The van der Waals surface area contributed by atoms with Crippen molar-refractivity contribution in [1.29, 1.82) is 0 Å². The SMILES string of the molecule is CCOC(=O)[C@H]1CCCN(CC(C)(O)CC)C1. The van der Waals surface area contributed by atoms with Gasteiger partial charge in [-0.15, -0.1) is 0 Å². The van der Waals surface area contributed by atoms with Crippen LogP contribution in [-0.4, -0.2) is 47.8 Å². The first-order chi connectivity index (χ1) is 7.98. The Kier molecular flexibility index (Phi) is 5.40. The van der Waals surface area contributed by atoms with E-state index in [1.807, 2.05) is 20.8 Å². The molecule has 0 aromatic rings. The summed E-state index contributed by atoms with van der Waals surface area (Å²) < 4.78 is 5.06. The predicted octanol–water partition coefficient (Wildman–Crippen LogP) is 1.42. The van der Waals surface area contributed by atoms with Crippen LogP contribution in [0.4, 0.5) is 0 Å². The van der Waals surface area contributed by atoms with Crippen LogP contribution in [0.2, 0.25) is 0 Å². The normalized spacial score (nSPS) is 25.3. The average Bonchev–Trinajstić information content (AvgIpc) is 2.29. The van der Waals surface area contributed by atoms with Crippen LogP contribution < -0.4 is 0 Å². The van der Waals surface area contributed by atoms with E-state index >= 15 is 0 Å². The van der Waals surface area contributed by atoms with Gasteiger partial charge in [-0.25, -0.2) is 0 Å². The van der Waals surface area contributed by atoms with E-state index in [2.05, 4.69) is 4.90 Å². The van der Waals surface area contributed by atoms with Crippen molar-refractivity contribution in [3.8, 4) is 0 Å². The van der Waals surface area contributed by atoms with Crippen molar-refractivity contribution >= 4 is 5.97 Å². The van der Waals surface area contributed by atoms with Crippen molar-refractivity contribution in [3.63, 3.8) is 0 Å². The molecule has 0 aromatic heterocycles. The Balaban J connectivity index is 2.46. The second-order valence-corrected chi connectivity index (χ2v) is 5.18. The molecule has 0 bridgehead atoms. The lowest BCUT2D eigenvalue weighted by atomic mass is 9.95. The highest BCUT2D eigenvalue weighted by Gasteiger charge is 2.30. The number of β-amino-alcohol motifs (C(OH)–C–C–N with tert-alkyl or cyclic N) is 1. The third-order valence-electron chi connectivity index (χ3n) is 3.45. The maximum atomic E-state index is 11.7. The topological polar surface area (TPSA) is 49.8 Å². The summed E-state index contributed by atoms with van der Waals surface area (Å²) in [5.41, 5.74) is -0.656. The van der Waals surface area contributed by atoms with Crippen LogP contribution in [0.3, 0.4) is 0 Å². The van der Waals surface area contributed by atoms with Gasteiger partial charge in [-0.3, -0.25) is 9.69 Å². The van der Waals surface area contributed by atoms with E-state index in [-0.39, 0.29) is 11.9 Å². The van der Waals surface area contributed by atoms with Gasteiger partial charge >= 0.3 is 5.97 Å². The van der Waals surface area contributed by atoms with Crippen molar-refractivity contribution in [1.82, 2.24) is 4.90 Å².